The smallest absolute Gasteiger partial charge is 0.0730 e. The molecule has 0 amide bonds. The second kappa shape index (κ2) is 5.11. The predicted octanol–water partition coefficient (Wildman–Crippen LogP) is 3.61. The Bertz CT molecular complexity index is 378. The Morgan fingerprint density at radius 2 is 2.35 bits per heavy atom. The van der Waals surface area contributed by atoms with Crippen LogP contribution in [-0.4, -0.2) is 16.3 Å². The predicted molar refractivity (Wildman–Crippen MR) is 74.1 cm³/mol. The molecule has 1 aromatic heterocycles. The van der Waals surface area contributed by atoms with Crippen molar-refractivity contribution in [3.05, 3.63) is 16.4 Å². The lowest BCUT2D eigenvalue weighted by Gasteiger charge is -2.31. The average Bonchev–Trinajstić information content (AvgIpc) is 2.86. The summed E-state index contributed by atoms with van der Waals surface area (Å²) in [6, 6.07) is 0.410. The molecule has 1 aliphatic rings. The molecule has 2 rings (SSSR count). The molecule has 1 saturated heterocycles. The van der Waals surface area contributed by atoms with E-state index in [0.717, 1.165) is 11.0 Å². The van der Waals surface area contributed by atoms with Gasteiger partial charge in [-0.1, -0.05) is 13.3 Å². The number of aromatic nitrogens is 2. The van der Waals surface area contributed by atoms with Crippen molar-refractivity contribution in [3.8, 4) is 0 Å². The number of hydrogen-bond acceptors (Lipinski definition) is 2. The van der Waals surface area contributed by atoms with Crippen molar-refractivity contribution in [2.24, 2.45) is 0 Å². The van der Waals surface area contributed by atoms with E-state index >= 15 is 0 Å². The standard InChI is InChI=1S/C13H22BrN3/c1-4-6-13(7-5-8-15-13)12-11(14)9-16-17(12)10(2)3/h9-10,15H,4-8H2,1-3H3. The summed E-state index contributed by atoms with van der Waals surface area (Å²) in [5, 5.41) is 8.24. The van der Waals surface area contributed by atoms with Crippen LogP contribution in [0.1, 0.15) is 58.2 Å². The highest BCUT2D eigenvalue weighted by Crippen LogP contribution is 2.39. The number of hydrogen-bond donors (Lipinski definition) is 1. The molecular formula is C13H22BrN3. The second-order valence-electron chi connectivity index (χ2n) is 5.24. The molecule has 1 unspecified atom stereocenters. The molecule has 1 aromatic rings. The third-order valence-corrected chi connectivity index (χ3v) is 4.19. The number of halogens is 1. The monoisotopic (exact) mass is 299 g/mol. The lowest BCUT2D eigenvalue weighted by molar-refractivity contribution is 0.314. The third kappa shape index (κ3) is 2.29. The molecule has 0 spiro atoms. The van der Waals surface area contributed by atoms with Gasteiger partial charge in [-0.25, -0.2) is 0 Å². The molecule has 0 bridgehead atoms. The molecular weight excluding hydrogens is 278 g/mol. The maximum atomic E-state index is 4.52. The van der Waals surface area contributed by atoms with Gasteiger partial charge in [0.05, 0.1) is 21.9 Å². The minimum atomic E-state index is 0.133. The highest BCUT2D eigenvalue weighted by atomic mass is 79.9. The lowest BCUT2D eigenvalue weighted by atomic mass is 9.88. The zero-order chi connectivity index (χ0) is 12.5. The zero-order valence-electron chi connectivity index (χ0n) is 11.0. The van der Waals surface area contributed by atoms with E-state index in [4.69, 9.17) is 0 Å². The Balaban J connectivity index is 2.45. The van der Waals surface area contributed by atoms with Crippen LogP contribution in [0.5, 0.6) is 0 Å². The minimum Gasteiger partial charge on any atom is -0.306 e. The molecule has 0 aliphatic carbocycles. The van der Waals surface area contributed by atoms with Gasteiger partial charge in [0.1, 0.15) is 0 Å². The Morgan fingerprint density at radius 3 is 2.88 bits per heavy atom. The maximum absolute atomic E-state index is 4.52. The minimum absolute atomic E-state index is 0.133. The molecule has 0 saturated carbocycles. The van der Waals surface area contributed by atoms with Crippen molar-refractivity contribution in [1.82, 2.24) is 15.1 Å². The molecule has 1 atom stereocenters. The van der Waals surface area contributed by atoms with Gasteiger partial charge >= 0.3 is 0 Å². The van der Waals surface area contributed by atoms with Crippen LogP contribution in [0.25, 0.3) is 0 Å². The fourth-order valence-electron chi connectivity index (χ4n) is 2.95. The van der Waals surface area contributed by atoms with Gasteiger partial charge in [0.25, 0.3) is 0 Å². The zero-order valence-corrected chi connectivity index (χ0v) is 12.5. The molecule has 1 aliphatic heterocycles. The molecule has 96 valence electrons. The molecule has 1 fully saturated rings. The van der Waals surface area contributed by atoms with Crippen molar-refractivity contribution >= 4 is 15.9 Å². The molecule has 17 heavy (non-hydrogen) atoms. The summed E-state index contributed by atoms with van der Waals surface area (Å²) in [5.74, 6) is 0. The van der Waals surface area contributed by atoms with Crippen LogP contribution >= 0.6 is 15.9 Å². The Morgan fingerprint density at radius 1 is 1.59 bits per heavy atom. The van der Waals surface area contributed by atoms with Gasteiger partial charge in [-0.15, -0.1) is 0 Å². The summed E-state index contributed by atoms with van der Waals surface area (Å²) in [4.78, 5) is 0. The summed E-state index contributed by atoms with van der Waals surface area (Å²) in [7, 11) is 0. The molecule has 4 heteroatoms. The number of nitrogens with one attached hydrogen (secondary N) is 1. The Labute approximate surface area is 112 Å². The van der Waals surface area contributed by atoms with Crippen LogP contribution in [0.15, 0.2) is 10.7 Å². The van der Waals surface area contributed by atoms with E-state index in [1.54, 1.807) is 0 Å². The number of rotatable bonds is 4. The largest absolute Gasteiger partial charge is 0.306 e. The van der Waals surface area contributed by atoms with Crippen molar-refractivity contribution in [3.63, 3.8) is 0 Å². The summed E-state index contributed by atoms with van der Waals surface area (Å²) in [6.07, 6.45) is 6.80. The highest BCUT2D eigenvalue weighted by Gasteiger charge is 2.39. The van der Waals surface area contributed by atoms with Gasteiger partial charge < -0.3 is 5.32 Å². The first-order valence-electron chi connectivity index (χ1n) is 6.59. The van der Waals surface area contributed by atoms with Gasteiger partial charge in [0.15, 0.2) is 0 Å². The fraction of sp³-hybridized carbons (Fsp3) is 0.769. The van der Waals surface area contributed by atoms with Gasteiger partial charge in [0.2, 0.25) is 0 Å². The van der Waals surface area contributed by atoms with Crippen molar-refractivity contribution in [1.29, 1.82) is 0 Å². The quantitative estimate of drug-likeness (QED) is 0.920. The van der Waals surface area contributed by atoms with E-state index in [1.807, 2.05) is 6.20 Å². The first kappa shape index (κ1) is 13.1. The van der Waals surface area contributed by atoms with Crippen LogP contribution < -0.4 is 5.32 Å². The van der Waals surface area contributed by atoms with E-state index < -0.39 is 0 Å². The summed E-state index contributed by atoms with van der Waals surface area (Å²) in [5.41, 5.74) is 1.47. The van der Waals surface area contributed by atoms with Gasteiger partial charge in [-0.2, -0.15) is 5.10 Å². The van der Waals surface area contributed by atoms with E-state index in [9.17, 15) is 0 Å². The highest BCUT2D eigenvalue weighted by molar-refractivity contribution is 9.10. The number of nitrogens with zero attached hydrogens (tertiary/aromatic N) is 2. The van der Waals surface area contributed by atoms with Crippen molar-refractivity contribution in [2.75, 3.05) is 6.54 Å². The second-order valence-corrected chi connectivity index (χ2v) is 6.10. The Hall–Kier alpha value is -0.350. The first-order valence-corrected chi connectivity index (χ1v) is 7.38. The molecule has 0 aromatic carbocycles. The normalized spacial score (nSPS) is 24.8. The summed E-state index contributed by atoms with van der Waals surface area (Å²) >= 11 is 3.68. The first-order chi connectivity index (χ1) is 8.10. The van der Waals surface area contributed by atoms with Crippen LogP contribution in [0, 0.1) is 0 Å². The maximum Gasteiger partial charge on any atom is 0.0730 e. The van der Waals surface area contributed by atoms with Crippen LogP contribution in [0.4, 0.5) is 0 Å². The van der Waals surface area contributed by atoms with Crippen molar-refractivity contribution < 1.29 is 0 Å². The van der Waals surface area contributed by atoms with Crippen molar-refractivity contribution in [2.45, 2.75) is 58.0 Å². The summed E-state index contributed by atoms with van der Waals surface area (Å²) in [6.45, 7) is 7.76. The van der Waals surface area contributed by atoms with Gasteiger partial charge in [-0.05, 0) is 55.6 Å². The topological polar surface area (TPSA) is 29.9 Å². The molecule has 2 heterocycles. The fourth-order valence-corrected chi connectivity index (χ4v) is 3.60. The lowest BCUT2D eigenvalue weighted by Crippen LogP contribution is -2.39. The molecule has 0 radical (unpaired) electrons. The van der Waals surface area contributed by atoms with Gasteiger partial charge in [0, 0.05) is 6.04 Å². The van der Waals surface area contributed by atoms with Crippen LogP contribution in [0.3, 0.4) is 0 Å². The molecule has 1 N–H and O–H groups in total. The van der Waals surface area contributed by atoms with E-state index in [2.05, 4.69) is 51.8 Å². The SMILES string of the molecule is CCCC1(c2c(Br)cnn2C(C)C)CCCN1. The van der Waals surface area contributed by atoms with Crippen LogP contribution in [-0.2, 0) is 5.54 Å². The van der Waals surface area contributed by atoms with E-state index in [0.29, 0.717) is 6.04 Å². The third-order valence-electron chi connectivity index (χ3n) is 3.61. The molecule has 3 nitrogen and oxygen atoms in total. The van der Waals surface area contributed by atoms with Gasteiger partial charge in [-0.3, -0.25) is 4.68 Å². The van der Waals surface area contributed by atoms with E-state index in [1.165, 1.54) is 31.4 Å². The average molecular weight is 300 g/mol. The van der Waals surface area contributed by atoms with Crippen LogP contribution in [0.2, 0.25) is 0 Å². The van der Waals surface area contributed by atoms with E-state index in [-0.39, 0.29) is 5.54 Å². The Kier molecular flexibility index (Phi) is 3.93. The summed E-state index contributed by atoms with van der Waals surface area (Å²) < 4.78 is 3.31.